The maximum absolute atomic E-state index is 6.93. The van der Waals surface area contributed by atoms with Gasteiger partial charge in [0.05, 0.1) is 6.54 Å². The van der Waals surface area contributed by atoms with Crippen LogP contribution in [0.3, 0.4) is 0 Å². The number of hydrogen-bond acceptors (Lipinski definition) is 2. The lowest BCUT2D eigenvalue weighted by molar-refractivity contribution is 0.548. The summed E-state index contributed by atoms with van der Waals surface area (Å²) >= 11 is 0. The molecule has 4 nitrogen and oxygen atoms in total. The second kappa shape index (κ2) is 17.1. The smallest absolute Gasteiger partial charge is 0.160 e. The van der Waals surface area contributed by atoms with E-state index in [4.69, 9.17) is 14.4 Å². The molecule has 0 bridgehead atoms. The summed E-state index contributed by atoms with van der Waals surface area (Å²) in [5.41, 5.74) is 15.4. The second-order valence-electron chi connectivity index (χ2n) is 18.1. The Morgan fingerprint density at radius 3 is 2.22 bits per heavy atom. The SMILES string of the molecule is C=NC(=NC(=NCc1ccc(-c2cccc(-c3cc4c5c(oc4c4ccccc34)CCC=C5c3ccc4c(c3)c3c(c5ccccc54)C=CCC3)c2)cc1)C1=CC=CCC1C)c1ccccc1. The number of aliphatic imine (C=N–C) groups is 3. The molecular weight excluding hydrogens is 815 g/mol. The first-order chi connectivity index (χ1) is 33.1. The highest BCUT2D eigenvalue weighted by Crippen LogP contribution is 2.46. The minimum Gasteiger partial charge on any atom is -0.460 e. The van der Waals surface area contributed by atoms with Crippen LogP contribution < -0.4 is 0 Å². The van der Waals surface area contributed by atoms with Crippen LogP contribution in [0.5, 0.6) is 0 Å². The molecule has 0 aliphatic heterocycles. The van der Waals surface area contributed by atoms with Crippen molar-refractivity contribution >= 4 is 73.3 Å². The molecule has 1 aromatic heterocycles. The summed E-state index contributed by atoms with van der Waals surface area (Å²) in [4.78, 5) is 14.4. The van der Waals surface area contributed by atoms with Crippen molar-refractivity contribution in [3.63, 3.8) is 0 Å². The molecule has 9 aromatic rings. The quantitative estimate of drug-likeness (QED) is 0.0894. The van der Waals surface area contributed by atoms with Gasteiger partial charge in [-0.25, -0.2) is 9.98 Å². The van der Waals surface area contributed by atoms with Gasteiger partial charge in [-0.3, -0.25) is 4.99 Å². The molecule has 4 heteroatoms. The number of allylic oxidation sites excluding steroid dienone is 5. The van der Waals surface area contributed by atoms with E-state index in [1.165, 1.54) is 71.3 Å². The van der Waals surface area contributed by atoms with E-state index in [1.807, 2.05) is 30.3 Å². The van der Waals surface area contributed by atoms with Crippen molar-refractivity contribution in [2.75, 3.05) is 0 Å². The zero-order valence-corrected chi connectivity index (χ0v) is 37.7. The molecule has 0 saturated carbocycles. The Morgan fingerprint density at radius 2 is 1.39 bits per heavy atom. The molecule has 1 heterocycles. The van der Waals surface area contributed by atoms with E-state index in [2.05, 4.69) is 176 Å². The Morgan fingerprint density at radius 1 is 0.627 bits per heavy atom. The first kappa shape index (κ1) is 40.6. The monoisotopic (exact) mass is 863 g/mol. The summed E-state index contributed by atoms with van der Waals surface area (Å²) in [5.74, 6) is 2.65. The average molecular weight is 864 g/mol. The number of amidine groups is 2. The van der Waals surface area contributed by atoms with Crippen LogP contribution in [0.4, 0.5) is 0 Å². The minimum absolute atomic E-state index is 0.300. The van der Waals surface area contributed by atoms with Gasteiger partial charge in [0.25, 0.3) is 0 Å². The molecular formula is C63H49N3O. The van der Waals surface area contributed by atoms with Gasteiger partial charge in [-0.1, -0.05) is 177 Å². The highest BCUT2D eigenvalue weighted by Gasteiger charge is 2.26. The van der Waals surface area contributed by atoms with E-state index in [0.29, 0.717) is 24.1 Å². The molecule has 12 rings (SSSR count). The lowest BCUT2D eigenvalue weighted by Gasteiger charge is -2.20. The van der Waals surface area contributed by atoms with Crippen LogP contribution in [-0.2, 0) is 19.4 Å². The molecule has 0 spiro atoms. The van der Waals surface area contributed by atoms with Gasteiger partial charge in [0, 0.05) is 28.3 Å². The van der Waals surface area contributed by atoms with Gasteiger partial charge in [-0.2, -0.15) is 0 Å². The van der Waals surface area contributed by atoms with Crippen LogP contribution in [0.15, 0.2) is 207 Å². The van der Waals surface area contributed by atoms with Crippen LogP contribution in [-0.4, -0.2) is 18.4 Å². The number of benzene rings is 8. The highest BCUT2D eigenvalue weighted by atomic mass is 16.3. The topological polar surface area (TPSA) is 50.2 Å². The molecule has 3 aliphatic rings. The molecule has 0 N–H and O–H groups in total. The van der Waals surface area contributed by atoms with Gasteiger partial charge in [-0.05, 0) is 139 Å². The lowest BCUT2D eigenvalue weighted by Crippen LogP contribution is -2.13. The van der Waals surface area contributed by atoms with Crippen molar-refractivity contribution in [1.82, 2.24) is 0 Å². The fourth-order valence-corrected chi connectivity index (χ4v) is 10.7. The van der Waals surface area contributed by atoms with Crippen molar-refractivity contribution in [2.24, 2.45) is 20.9 Å². The van der Waals surface area contributed by atoms with E-state index < -0.39 is 0 Å². The van der Waals surface area contributed by atoms with Gasteiger partial charge in [0.15, 0.2) is 11.7 Å². The van der Waals surface area contributed by atoms with Crippen LogP contribution in [0, 0.1) is 5.92 Å². The van der Waals surface area contributed by atoms with Crippen molar-refractivity contribution in [3.05, 3.63) is 227 Å². The molecule has 1 unspecified atom stereocenters. The summed E-state index contributed by atoms with van der Waals surface area (Å²) in [7, 11) is 0. The van der Waals surface area contributed by atoms with Crippen molar-refractivity contribution < 1.29 is 4.42 Å². The lowest BCUT2D eigenvalue weighted by atomic mass is 9.83. The fraction of sp³-hybridized carbons (Fsp3) is 0.127. The zero-order valence-electron chi connectivity index (χ0n) is 37.7. The summed E-state index contributed by atoms with van der Waals surface area (Å²) in [6.45, 7) is 6.57. The molecule has 67 heavy (non-hydrogen) atoms. The summed E-state index contributed by atoms with van der Waals surface area (Å²) in [5, 5.41) is 8.86. The third-order valence-electron chi connectivity index (χ3n) is 14.0. The predicted octanol–water partition coefficient (Wildman–Crippen LogP) is 16.1. The third kappa shape index (κ3) is 7.30. The number of aryl methyl sites for hydroxylation is 2. The fourth-order valence-electron chi connectivity index (χ4n) is 10.7. The number of fused-ring (bicyclic) bond motifs is 11. The number of furan rings is 1. The normalized spacial score (nSPS) is 16.0. The summed E-state index contributed by atoms with van der Waals surface area (Å²) < 4.78 is 6.93. The Labute approximate surface area is 391 Å². The van der Waals surface area contributed by atoms with Crippen molar-refractivity contribution in [2.45, 2.75) is 45.6 Å². The molecule has 0 radical (unpaired) electrons. The largest absolute Gasteiger partial charge is 0.460 e. The Hall–Kier alpha value is -7.95. The summed E-state index contributed by atoms with van der Waals surface area (Å²) in [6.07, 6.45) is 18.4. The number of nitrogens with zero attached hydrogens (tertiary/aromatic N) is 3. The first-order valence-corrected chi connectivity index (χ1v) is 23.6. The molecule has 1 atom stereocenters. The van der Waals surface area contributed by atoms with Gasteiger partial charge in [0.2, 0.25) is 0 Å². The van der Waals surface area contributed by atoms with Crippen molar-refractivity contribution in [3.8, 4) is 22.3 Å². The van der Waals surface area contributed by atoms with E-state index in [0.717, 1.165) is 76.7 Å². The van der Waals surface area contributed by atoms with Gasteiger partial charge < -0.3 is 4.42 Å². The van der Waals surface area contributed by atoms with Crippen molar-refractivity contribution in [1.29, 1.82) is 0 Å². The maximum atomic E-state index is 6.93. The standard InChI is InChI=1S/C63H49N3O/c1-40-16-6-7-21-47(40)63(66-62(64-2)43-17-4-3-5-18-43)65-39-41-30-32-42(33-31-41)44-19-14-20-45(36-44)56-38-58-60-48(28-15-29-59(60)67-61(58)55-27-13-12-26-53(55)56)46-34-35-54-51-24-9-8-22-49(51)50-23-10-11-25-52(50)57(54)37-46/h3-10,12-14,17-24,26-28,30-38,40H,2,11,15-16,25,29,39H2,1H3. The number of hydrogen-bond donors (Lipinski definition) is 0. The maximum Gasteiger partial charge on any atom is 0.160 e. The van der Waals surface area contributed by atoms with Crippen LogP contribution in [0.25, 0.3) is 77.2 Å². The van der Waals surface area contributed by atoms with E-state index in [9.17, 15) is 0 Å². The molecule has 8 aromatic carbocycles. The Bertz CT molecular complexity index is 3650. The summed E-state index contributed by atoms with van der Waals surface area (Å²) in [6, 6.07) is 54.9. The average Bonchev–Trinajstić information content (AvgIpc) is 3.78. The van der Waals surface area contributed by atoms with Gasteiger partial charge in [-0.15, -0.1) is 0 Å². The van der Waals surface area contributed by atoms with Crippen LogP contribution >= 0.6 is 0 Å². The van der Waals surface area contributed by atoms with Gasteiger partial charge >= 0.3 is 0 Å². The van der Waals surface area contributed by atoms with Gasteiger partial charge in [0.1, 0.15) is 11.3 Å². The molecule has 322 valence electrons. The molecule has 0 amide bonds. The number of rotatable bonds is 7. The molecule has 0 saturated heterocycles. The minimum atomic E-state index is 0.300. The zero-order chi connectivity index (χ0) is 44.8. The molecule has 0 fully saturated rings. The van der Waals surface area contributed by atoms with E-state index in [-0.39, 0.29) is 0 Å². The van der Waals surface area contributed by atoms with Crippen LogP contribution in [0.1, 0.15) is 65.3 Å². The highest BCUT2D eigenvalue weighted by molar-refractivity contribution is 6.17. The third-order valence-corrected chi connectivity index (χ3v) is 14.0. The molecule has 3 aliphatic carbocycles. The van der Waals surface area contributed by atoms with Crippen LogP contribution in [0.2, 0.25) is 0 Å². The second-order valence-corrected chi connectivity index (χ2v) is 18.1. The first-order valence-electron chi connectivity index (χ1n) is 23.6. The Balaban J connectivity index is 0.901. The van der Waals surface area contributed by atoms with E-state index >= 15 is 0 Å². The van der Waals surface area contributed by atoms with E-state index in [1.54, 1.807) is 0 Å². The predicted molar refractivity (Wildman–Crippen MR) is 283 cm³/mol. The Kier molecular flexibility index (Phi) is 10.4.